The molecule has 0 heterocycles. The van der Waals surface area contributed by atoms with Gasteiger partial charge in [-0.25, -0.2) is 0 Å². The van der Waals surface area contributed by atoms with Crippen molar-refractivity contribution in [3.63, 3.8) is 0 Å². The van der Waals surface area contributed by atoms with Crippen molar-refractivity contribution in [1.29, 1.82) is 5.26 Å². The molecule has 0 aliphatic heterocycles. The number of benzene rings is 1. The Kier molecular flexibility index (Phi) is 6.03. The van der Waals surface area contributed by atoms with Crippen molar-refractivity contribution >= 4 is 0 Å². The monoisotopic (exact) mass is 219 g/mol. The van der Waals surface area contributed by atoms with Crippen molar-refractivity contribution in [3.05, 3.63) is 36.8 Å². The molecule has 0 aromatic heterocycles. The van der Waals surface area contributed by atoms with Crippen LogP contribution in [0.5, 0.6) is 5.75 Å². The van der Waals surface area contributed by atoms with Crippen LogP contribution in [0, 0.1) is 18.3 Å². The van der Waals surface area contributed by atoms with Crippen molar-refractivity contribution in [2.45, 2.75) is 6.42 Å². The van der Waals surface area contributed by atoms with Crippen LogP contribution >= 0.6 is 0 Å². The second kappa shape index (κ2) is 6.52. The van der Waals surface area contributed by atoms with Crippen LogP contribution in [0.25, 0.3) is 0 Å². The molecular formula is C10H10CoNO-. The van der Waals surface area contributed by atoms with Gasteiger partial charge in [-0.05, 0) is 18.2 Å². The minimum Gasteiger partial charge on any atom is -0.496 e. The molecule has 71 valence electrons. The Labute approximate surface area is 88.7 Å². The third-order valence-electron chi connectivity index (χ3n) is 1.38. The summed E-state index contributed by atoms with van der Waals surface area (Å²) in [5.41, 5.74) is 0.622. The van der Waals surface area contributed by atoms with Gasteiger partial charge in [0, 0.05) is 16.8 Å². The van der Waals surface area contributed by atoms with Crippen LogP contribution in [0.2, 0.25) is 0 Å². The van der Waals surface area contributed by atoms with E-state index >= 15 is 0 Å². The van der Waals surface area contributed by atoms with Crippen LogP contribution in [0.15, 0.2) is 24.3 Å². The first-order valence-corrected chi connectivity index (χ1v) is 3.79. The fourth-order valence-corrected chi connectivity index (χ4v) is 0.845. The maximum atomic E-state index is 8.57. The van der Waals surface area contributed by atoms with E-state index in [1.54, 1.807) is 18.2 Å². The van der Waals surface area contributed by atoms with Crippen LogP contribution < -0.4 is 4.74 Å². The Morgan fingerprint density at radius 2 is 2.23 bits per heavy atom. The number of ether oxygens (including phenoxy) is 1. The molecule has 0 unspecified atom stereocenters. The predicted molar refractivity (Wildman–Crippen MR) is 46.6 cm³/mol. The standard InChI is InChI=1S/C10H10NO.Co/c1-2-6-12-10-5-3-4-9(7-10)8-11;/h3-5,7H,1-2,6H2;/q-1;. The summed E-state index contributed by atoms with van der Waals surface area (Å²) >= 11 is 0. The van der Waals surface area contributed by atoms with E-state index in [1.807, 2.05) is 12.1 Å². The maximum Gasteiger partial charge on any atom is 0.120 e. The van der Waals surface area contributed by atoms with Gasteiger partial charge in [0.1, 0.15) is 5.75 Å². The molecule has 0 bridgehead atoms. The SMILES string of the molecule is [CH2-]CCOc1cccc(C#N)c1.[Co]. The molecule has 1 aromatic carbocycles. The molecule has 13 heavy (non-hydrogen) atoms. The first-order chi connectivity index (χ1) is 5.86. The van der Waals surface area contributed by atoms with Crippen molar-refractivity contribution in [2.24, 2.45) is 0 Å². The number of rotatable bonds is 3. The summed E-state index contributed by atoms with van der Waals surface area (Å²) in [6.07, 6.45) is 0.733. The molecule has 0 atom stereocenters. The van der Waals surface area contributed by atoms with Crippen molar-refractivity contribution in [1.82, 2.24) is 0 Å². The van der Waals surface area contributed by atoms with Gasteiger partial charge in [0.05, 0.1) is 18.2 Å². The Hall–Kier alpha value is -0.984. The number of nitrogens with zero attached hydrogens (tertiary/aromatic N) is 1. The first kappa shape index (κ1) is 12.0. The molecular weight excluding hydrogens is 209 g/mol. The molecule has 0 saturated carbocycles. The third-order valence-corrected chi connectivity index (χ3v) is 1.38. The molecule has 0 fully saturated rings. The van der Waals surface area contributed by atoms with Gasteiger partial charge >= 0.3 is 0 Å². The Morgan fingerprint density at radius 3 is 2.85 bits per heavy atom. The summed E-state index contributed by atoms with van der Waals surface area (Å²) in [5.74, 6) is 0.734. The van der Waals surface area contributed by atoms with Gasteiger partial charge in [0.2, 0.25) is 0 Å². The summed E-state index contributed by atoms with van der Waals surface area (Å²) in [6.45, 7) is 4.25. The van der Waals surface area contributed by atoms with Gasteiger partial charge in [-0.15, -0.1) is 6.42 Å². The average Bonchev–Trinajstić information content (AvgIpc) is 2.15. The molecule has 0 aliphatic rings. The quantitative estimate of drug-likeness (QED) is 0.730. The molecule has 0 aliphatic carbocycles. The number of hydrogen-bond donors (Lipinski definition) is 0. The Bertz CT molecular complexity index is 293. The van der Waals surface area contributed by atoms with Gasteiger partial charge in [0.25, 0.3) is 0 Å². The minimum absolute atomic E-state index is 0. The van der Waals surface area contributed by atoms with E-state index in [4.69, 9.17) is 10.00 Å². The summed E-state index contributed by atoms with van der Waals surface area (Å²) < 4.78 is 5.28. The smallest absolute Gasteiger partial charge is 0.120 e. The van der Waals surface area contributed by atoms with Crippen molar-refractivity contribution in [2.75, 3.05) is 6.61 Å². The summed E-state index contributed by atoms with van der Waals surface area (Å²) in [4.78, 5) is 0. The molecule has 1 aromatic rings. The zero-order chi connectivity index (χ0) is 8.81. The second-order valence-corrected chi connectivity index (χ2v) is 2.34. The van der Waals surface area contributed by atoms with Gasteiger partial charge in [-0.1, -0.05) is 6.07 Å². The Balaban J connectivity index is 0.00000144. The molecule has 2 nitrogen and oxygen atoms in total. The van der Waals surface area contributed by atoms with Crippen molar-refractivity contribution < 1.29 is 21.5 Å². The summed E-state index contributed by atoms with van der Waals surface area (Å²) in [5, 5.41) is 8.57. The normalized spacial score (nSPS) is 8.31. The molecule has 0 saturated heterocycles. The van der Waals surface area contributed by atoms with E-state index in [2.05, 4.69) is 6.92 Å². The van der Waals surface area contributed by atoms with E-state index < -0.39 is 0 Å². The average molecular weight is 219 g/mol. The van der Waals surface area contributed by atoms with Gasteiger partial charge in [-0.2, -0.15) is 5.26 Å². The first-order valence-electron chi connectivity index (χ1n) is 3.79. The largest absolute Gasteiger partial charge is 0.496 e. The second-order valence-electron chi connectivity index (χ2n) is 2.34. The van der Waals surface area contributed by atoms with Crippen LogP contribution in [-0.2, 0) is 16.8 Å². The van der Waals surface area contributed by atoms with E-state index in [1.165, 1.54) is 0 Å². The summed E-state index contributed by atoms with van der Waals surface area (Å²) in [6, 6.07) is 9.15. The van der Waals surface area contributed by atoms with E-state index in [0.717, 1.165) is 12.2 Å². The topological polar surface area (TPSA) is 33.0 Å². The number of hydrogen-bond acceptors (Lipinski definition) is 2. The molecule has 0 N–H and O–H groups in total. The molecule has 0 spiro atoms. The zero-order valence-electron chi connectivity index (χ0n) is 7.12. The fraction of sp³-hybridized carbons (Fsp3) is 0.200. The molecule has 0 amide bonds. The molecule has 1 rings (SSSR count). The number of nitriles is 1. The third kappa shape index (κ3) is 3.97. The van der Waals surface area contributed by atoms with Crippen LogP contribution in [0.3, 0.4) is 0 Å². The van der Waals surface area contributed by atoms with Gasteiger partial charge in [0.15, 0.2) is 0 Å². The van der Waals surface area contributed by atoms with Gasteiger partial charge < -0.3 is 11.7 Å². The fourth-order valence-electron chi connectivity index (χ4n) is 0.845. The van der Waals surface area contributed by atoms with E-state index in [-0.39, 0.29) is 16.8 Å². The molecule has 1 radical (unpaired) electrons. The zero-order valence-corrected chi connectivity index (χ0v) is 8.16. The van der Waals surface area contributed by atoms with Crippen LogP contribution in [-0.4, -0.2) is 6.61 Å². The minimum atomic E-state index is 0. The molecule has 3 heteroatoms. The summed E-state index contributed by atoms with van der Waals surface area (Å²) in [7, 11) is 0. The van der Waals surface area contributed by atoms with E-state index in [9.17, 15) is 0 Å². The van der Waals surface area contributed by atoms with Crippen molar-refractivity contribution in [3.8, 4) is 11.8 Å². The van der Waals surface area contributed by atoms with Gasteiger partial charge in [-0.3, -0.25) is 0 Å². The Morgan fingerprint density at radius 1 is 1.46 bits per heavy atom. The van der Waals surface area contributed by atoms with E-state index in [0.29, 0.717) is 12.2 Å². The maximum absolute atomic E-state index is 8.57. The predicted octanol–water partition coefficient (Wildman–Crippen LogP) is 2.16. The van der Waals surface area contributed by atoms with Crippen LogP contribution in [0.1, 0.15) is 12.0 Å². The van der Waals surface area contributed by atoms with Crippen LogP contribution in [0.4, 0.5) is 0 Å².